The number of benzene rings is 2. The summed E-state index contributed by atoms with van der Waals surface area (Å²) in [4.78, 5) is 11.7. The SMILES string of the molecule is C=C(C)C(=O)OCC(C)(C)COc1ccc2cc(-c3ccc(CCCCC)cc3CC)oc2c1. The fourth-order valence-corrected chi connectivity index (χ4v) is 3.85. The lowest BCUT2D eigenvalue weighted by Crippen LogP contribution is -2.28. The third-order valence-corrected chi connectivity index (χ3v) is 5.95. The molecule has 0 amide bonds. The minimum atomic E-state index is -0.377. The molecule has 3 rings (SSSR count). The number of carbonyl (C=O) groups is 1. The molecule has 0 bridgehead atoms. The number of aryl methyl sites for hydroxylation is 2. The van der Waals surface area contributed by atoms with E-state index in [0.29, 0.717) is 12.2 Å². The van der Waals surface area contributed by atoms with Gasteiger partial charge in [0.1, 0.15) is 17.1 Å². The lowest BCUT2D eigenvalue weighted by molar-refractivity contribution is -0.142. The van der Waals surface area contributed by atoms with Crippen LogP contribution < -0.4 is 4.74 Å². The summed E-state index contributed by atoms with van der Waals surface area (Å²) in [6, 6.07) is 14.8. The van der Waals surface area contributed by atoms with E-state index in [-0.39, 0.29) is 18.0 Å². The van der Waals surface area contributed by atoms with E-state index in [1.165, 1.54) is 30.4 Å². The number of rotatable bonds is 12. The molecule has 0 aliphatic rings. The van der Waals surface area contributed by atoms with Crippen LogP contribution in [-0.4, -0.2) is 19.2 Å². The predicted octanol–water partition coefficient (Wildman–Crippen LogP) is 7.92. The van der Waals surface area contributed by atoms with Crippen LogP contribution in [0, 0.1) is 5.41 Å². The van der Waals surface area contributed by atoms with Gasteiger partial charge in [0.2, 0.25) is 0 Å². The number of hydrogen-bond acceptors (Lipinski definition) is 4. The topological polar surface area (TPSA) is 48.7 Å². The van der Waals surface area contributed by atoms with Crippen LogP contribution in [0.2, 0.25) is 0 Å². The van der Waals surface area contributed by atoms with E-state index in [4.69, 9.17) is 13.9 Å². The first-order chi connectivity index (χ1) is 16.2. The lowest BCUT2D eigenvalue weighted by Gasteiger charge is -2.24. The highest BCUT2D eigenvalue weighted by Gasteiger charge is 2.22. The third kappa shape index (κ3) is 6.75. The fraction of sp³-hybridized carbons (Fsp3) is 0.433. The molecule has 0 aliphatic heterocycles. The van der Waals surface area contributed by atoms with Crippen molar-refractivity contribution in [3.05, 3.63) is 65.7 Å². The Kier molecular flexibility index (Phi) is 8.60. The first-order valence-electron chi connectivity index (χ1n) is 12.3. The molecular weight excluding hydrogens is 424 g/mol. The molecule has 0 radical (unpaired) electrons. The largest absolute Gasteiger partial charge is 0.493 e. The van der Waals surface area contributed by atoms with Crippen molar-refractivity contribution < 1.29 is 18.7 Å². The second kappa shape index (κ2) is 11.4. The average molecular weight is 463 g/mol. The number of unbranched alkanes of at least 4 members (excludes halogenated alkanes) is 2. The molecule has 0 spiro atoms. The smallest absolute Gasteiger partial charge is 0.333 e. The summed E-state index contributed by atoms with van der Waals surface area (Å²) >= 11 is 0. The minimum absolute atomic E-state index is 0.264. The predicted molar refractivity (Wildman–Crippen MR) is 139 cm³/mol. The van der Waals surface area contributed by atoms with Gasteiger partial charge in [-0.3, -0.25) is 0 Å². The maximum Gasteiger partial charge on any atom is 0.333 e. The van der Waals surface area contributed by atoms with Gasteiger partial charge in [-0.25, -0.2) is 4.79 Å². The second-order valence-electron chi connectivity index (χ2n) is 9.92. The monoisotopic (exact) mass is 462 g/mol. The van der Waals surface area contributed by atoms with Crippen LogP contribution in [0.1, 0.15) is 65.0 Å². The number of ether oxygens (including phenoxy) is 2. The zero-order valence-corrected chi connectivity index (χ0v) is 21.3. The normalized spacial score (nSPS) is 11.6. The Hall–Kier alpha value is -3.01. The molecule has 0 unspecified atom stereocenters. The number of hydrogen-bond donors (Lipinski definition) is 0. The zero-order valence-electron chi connectivity index (χ0n) is 21.3. The Balaban J connectivity index is 1.71. The standard InChI is InChI=1S/C30H38O4/c1-7-9-10-11-22-12-15-26(23(8-2)16-22)28-17-24-13-14-25(18-27(24)34-28)32-19-30(5,6)20-33-29(31)21(3)4/h12-18H,3,7-11,19-20H2,1-2,4-6H3. The van der Waals surface area contributed by atoms with Crippen LogP contribution in [0.5, 0.6) is 5.75 Å². The van der Waals surface area contributed by atoms with Gasteiger partial charge in [0.25, 0.3) is 0 Å². The first-order valence-corrected chi connectivity index (χ1v) is 12.3. The van der Waals surface area contributed by atoms with E-state index >= 15 is 0 Å². The first kappa shape index (κ1) is 25.6. The minimum Gasteiger partial charge on any atom is -0.493 e. The van der Waals surface area contributed by atoms with E-state index in [0.717, 1.165) is 40.9 Å². The zero-order chi connectivity index (χ0) is 24.7. The maximum absolute atomic E-state index is 11.7. The highest BCUT2D eigenvalue weighted by molar-refractivity contribution is 5.87. The highest BCUT2D eigenvalue weighted by Crippen LogP contribution is 2.33. The Labute approximate surface area is 204 Å². The van der Waals surface area contributed by atoms with Gasteiger partial charge in [0, 0.05) is 28.0 Å². The number of carbonyl (C=O) groups excluding carboxylic acids is 1. The van der Waals surface area contributed by atoms with Gasteiger partial charge in [0.05, 0.1) is 13.2 Å². The third-order valence-electron chi connectivity index (χ3n) is 5.95. The van der Waals surface area contributed by atoms with E-state index in [2.05, 4.69) is 44.7 Å². The molecule has 0 saturated carbocycles. The molecule has 34 heavy (non-hydrogen) atoms. The van der Waals surface area contributed by atoms with Crippen LogP contribution in [0.15, 0.2) is 59.0 Å². The lowest BCUT2D eigenvalue weighted by atomic mass is 9.96. The van der Waals surface area contributed by atoms with E-state index < -0.39 is 0 Å². The van der Waals surface area contributed by atoms with Gasteiger partial charge >= 0.3 is 5.97 Å². The van der Waals surface area contributed by atoms with Gasteiger partial charge in [-0.2, -0.15) is 0 Å². The Morgan fingerprint density at radius 3 is 2.53 bits per heavy atom. The highest BCUT2D eigenvalue weighted by atomic mass is 16.5. The van der Waals surface area contributed by atoms with Crippen LogP contribution in [0.25, 0.3) is 22.3 Å². The Morgan fingerprint density at radius 1 is 1.03 bits per heavy atom. The second-order valence-corrected chi connectivity index (χ2v) is 9.92. The quantitative estimate of drug-likeness (QED) is 0.156. The molecule has 0 fully saturated rings. The van der Waals surface area contributed by atoms with Crippen LogP contribution in [0.4, 0.5) is 0 Å². The van der Waals surface area contributed by atoms with E-state index in [1.54, 1.807) is 6.92 Å². The van der Waals surface area contributed by atoms with E-state index in [9.17, 15) is 4.79 Å². The molecule has 0 saturated heterocycles. The number of esters is 1. The van der Waals surface area contributed by atoms with Crippen LogP contribution in [-0.2, 0) is 22.4 Å². The van der Waals surface area contributed by atoms with Crippen molar-refractivity contribution >= 4 is 16.9 Å². The molecule has 182 valence electrons. The van der Waals surface area contributed by atoms with Crippen molar-refractivity contribution in [3.8, 4) is 17.1 Å². The van der Waals surface area contributed by atoms with Crippen molar-refractivity contribution in [1.29, 1.82) is 0 Å². The summed E-state index contributed by atoms with van der Waals surface area (Å²) in [7, 11) is 0. The summed E-state index contributed by atoms with van der Waals surface area (Å²) in [6.45, 7) is 14.4. The van der Waals surface area contributed by atoms with Crippen molar-refractivity contribution in [2.24, 2.45) is 5.41 Å². The van der Waals surface area contributed by atoms with Gasteiger partial charge in [-0.05, 0) is 55.5 Å². The molecular formula is C30H38O4. The molecule has 0 N–H and O–H groups in total. The molecule has 2 aromatic carbocycles. The van der Waals surface area contributed by atoms with Crippen molar-refractivity contribution in [3.63, 3.8) is 0 Å². The van der Waals surface area contributed by atoms with Crippen molar-refractivity contribution in [1.82, 2.24) is 0 Å². The number of fused-ring (bicyclic) bond motifs is 1. The summed E-state index contributed by atoms with van der Waals surface area (Å²) < 4.78 is 17.6. The summed E-state index contributed by atoms with van der Waals surface area (Å²) in [5.41, 5.74) is 4.73. The fourth-order valence-electron chi connectivity index (χ4n) is 3.85. The maximum atomic E-state index is 11.7. The molecule has 4 heteroatoms. The molecule has 1 heterocycles. The van der Waals surface area contributed by atoms with Crippen LogP contribution in [0.3, 0.4) is 0 Å². The van der Waals surface area contributed by atoms with Gasteiger partial charge < -0.3 is 13.9 Å². The summed E-state index contributed by atoms with van der Waals surface area (Å²) in [5.74, 6) is 1.24. The molecule has 3 aromatic rings. The van der Waals surface area contributed by atoms with Gasteiger partial charge in [-0.15, -0.1) is 0 Å². The summed E-state index contributed by atoms with van der Waals surface area (Å²) in [6.07, 6.45) is 5.84. The average Bonchev–Trinajstić information content (AvgIpc) is 3.24. The Bertz CT molecular complexity index is 1140. The molecule has 1 aromatic heterocycles. The van der Waals surface area contributed by atoms with Gasteiger partial charge in [0.15, 0.2) is 0 Å². The molecule has 0 atom stereocenters. The van der Waals surface area contributed by atoms with Crippen molar-refractivity contribution in [2.45, 2.75) is 66.7 Å². The molecule has 0 aliphatic carbocycles. The van der Waals surface area contributed by atoms with Crippen molar-refractivity contribution in [2.75, 3.05) is 13.2 Å². The van der Waals surface area contributed by atoms with E-state index in [1.807, 2.05) is 32.0 Å². The Morgan fingerprint density at radius 2 is 1.82 bits per heavy atom. The van der Waals surface area contributed by atoms with Gasteiger partial charge in [-0.1, -0.05) is 65.3 Å². The number of furan rings is 1. The summed E-state index contributed by atoms with van der Waals surface area (Å²) in [5, 5.41) is 1.05. The van der Waals surface area contributed by atoms with Crippen LogP contribution >= 0.6 is 0 Å². The molecule has 4 nitrogen and oxygen atoms in total.